The molecule has 0 aliphatic carbocycles. The van der Waals surface area contributed by atoms with Crippen LogP contribution in [-0.4, -0.2) is 31.9 Å². The summed E-state index contributed by atoms with van der Waals surface area (Å²) in [6.07, 6.45) is 5.01. The lowest BCUT2D eigenvalue weighted by molar-refractivity contribution is -0.114. The van der Waals surface area contributed by atoms with Crippen molar-refractivity contribution >= 4 is 55.7 Å². The average Bonchev–Trinajstić information content (AvgIpc) is 3.27. The Labute approximate surface area is 208 Å². The number of benzene rings is 2. The van der Waals surface area contributed by atoms with E-state index in [0.29, 0.717) is 22.6 Å². The van der Waals surface area contributed by atoms with Gasteiger partial charge in [-0.2, -0.15) is 15.1 Å². The third kappa shape index (κ3) is 4.57. The Balaban J connectivity index is 1.35. The van der Waals surface area contributed by atoms with Crippen molar-refractivity contribution in [2.24, 2.45) is 10.1 Å². The van der Waals surface area contributed by atoms with Crippen molar-refractivity contribution in [2.75, 3.05) is 0 Å². The summed E-state index contributed by atoms with van der Waals surface area (Å²) in [6, 6.07) is 17.4. The second kappa shape index (κ2) is 9.36. The van der Waals surface area contributed by atoms with Crippen LogP contribution in [0.5, 0.6) is 5.75 Å². The van der Waals surface area contributed by atoms with Crippen molar-refractivity contribution in [3.63, 3.8) is 0 Å². The van der Waals surface area contributed by atoms with Crippen LogP contribution in [0.1, 0.15) is 22.3 Å². The van der Waals surface area contributed by atoms with Crippen molar-refractivity contribution in [3.8, 4) is 5.75 Å². The topological polar surface area (TPSA) is 91.0 Å². The molecule has 0 saturated heterocycles. The lowest BCUT2D eigenvalue weighted by Gasteiger charge is -2.20. The molecular weight excluding hydrogens is 514 g/mol. The number of fused-ring (bicyclic) bond motifs is 1. The van der Waals surface area contributed by atoms with E-state index in [4.69, 9.17) is 10.1 Å². The predicted octanol–water partition coefficient (Wildman–Crippen LogP) is 5.40. The molecule has 9 heteroatoms. The lowest BCUT2D eigenvalue weighted by Crippen LogP contribution is -2.35. The average molecular weight is 532 g/mol. The number of halogens is 1. The zero-order chi connectivity index (χ0) is 23.7. The molecule has 2 aliphatic rings. The molecule has 0 saturated carbocycles. The number of amides is 1. The smallest absolute Gasteiger partial charge is 0.283 e. The number of carbonyl (C=O) groups is 1. The number of amidine groups is 2. The highest BCUT2D eigenvalue weighted by atomic mass is 79.9. The van der Waals surface area contributed by atoms with Gasteiger partial charge in [0.05, 0.1) is 10.0 Å². The first-order chi connectivity index (χ1) is 16.5. The number of pyridine rings is 1. The van der Waals surface area contributed by atoms with Crippen molar-refractivity contribution in [1.29, 1.82) is 5.41 Å². The first-order valence-corrected chi connectivity index (χ1v) is 12.0. The molecule has 3 aromatic rings. The van der Waals surface area contributed by atoms with Crippen molar-refractivity contribution in [1.82, 2.24) is 9.99 Å². The summed E-state index contributed by atoms with van der Waals surface area (Å²) in [7, 11) is 0. The molecule has 1 aromatic heterocycles. The van der Waals surface area contributed by atoms with E-state index in [-0.39, 0.29) is 11.4 Å². The number of aryl methyl sites for hydroxylation is 1. The van der Waals surface area contributed by atoms with Crippen LogP contribution >= 0.6 is 27.7 Å². The predicted molar refractivity (Wildman–Crippen MR) is 138 cm³/mol. The van der Waals surface area contributed by atoms with Crippen LogP contribution in [0, 0.1) is 12.3 Å². The van der Waals surface area contributed by atoms with Crippen molar-refractivity contribution in [2.45, 2.75) is 13.5 Å². The quantitative estimate of drug-likeness (QED) is 0.445. The normalized spacial score (nSPS) is 16.4. The second-order valence-electron chi connectivity index (χ2n) is 7.63. The number of hydrogen-bond donors (Lipinski definition) is 1. The van der Waals surface area contributed by atoms with Crippen LogP contribution in [-0.2, 0) is 11.4 Å². The van der Waals surface area contributed by atoms with E-state index in [9.17, 15) is 4.79 Å². The Morgan fingerprint density at radius 2 is 2.00 bits per heavy atom. The highest BCUT2D eigenvalue weighted by Gasteiger charge is 2.36. The second-order valence-corrected chi connectivity index (χ2v) is 9.44. The molecule has 2 aliphatic heterocycles. The number of hydrazone groups is 1. The van der Waals surface area contributed by atoms with Gasteiger partial charge in [-0.05, 0) is 76.1 Å². The van der Waals surface area contributed by atoms with E-state index in [1.54, 1.807) is 18.5 Å². The minimum atomic E-state index is -0.470. The van der Waals surface area contributed by atoms with Gasteiger partial charge in [-0.3, -0.25) is 15.2 Å². The van der Waals surface area contributed by atoms with Gasteiger partial charge in [0.1, 0.15) is 17.4 Å². The molecule has 7 nitrogen and oxygen atoms in total. The van der Waals surface area contributed by atoms with Gasteiger partial charge in [-0.1, -0.05) is 35.9 Å². The van der Waals surface area contributed by atoms with Crippen LogP contribution < -0.4 is 4.74 Å². The minimum absolute atomic E-state index is 0.0165. The van der Waals surface area contributed by atoms with E-state index in [0.717, 1.165) is 21.2 Å². The van der Waals surface area contributed by atoms with Gasteiger partial charge in [0.15, 0.2) is 5.84 Å². The standard InChI is InChI=1S/C25H18BrN5O2S/c1-15-4-6-16(7-5-15)14-33-21-9-8-17(12-20(21)26)11-19-22(27)31-25(29-23(19)32)34-24(30-31)18-3-2-10-28-13-18/h2-13,27H,14H2,1H3/b19-11-,27-22?. The molecule has 5 rings (SSSR count). The molecule has 0 radical (unpaired) electrons. The van der Waals surface area contributed by atoms with Gasteiger partial charge in [-0.25, -0.2) is 0 Å². The number of ether oxygens (including phenoxy) is 1. The first-order valence-electron chi connectivity index (χ1n) is 10.4. The fraction of sp³-hybridized carbons (Fsp3) is 0.0800. The Hall–Kier alpha value is -3.56. The molecule has 0 unspecified atom stereocenters. The van der Waals surface area contributed by atoms with Gasteiger partial charge in [0.2, 0.25) is 5.17 Å². The van der Waals surface area contributed by atoms with Gasteiger partial charge in [0, 0.05) is 18.0 Å². The maximum absolute atomic E-state index is 12.7. The number of carbonyl (C=O) groups excluding carboxylic acids is 1. The van der Waals surface area contributed by atoms with Crippen LogP contribution in [0.3, 0.4) is 0 Å². The van der Waals surface area contributed by atoms with E-state index < -0.39 is 5.91 Å². The highest BCUT2D eigenvalue weighted by Crippen LogP contribution is 2.32. The lowest BCUT2D eigenvalue weighted by atomic mass is 10.1. The molecule has 0 atom stereocenters. The number of hydrogen-bond acceptors (Lipinski definition) is 6. The SMILES string of the molecule is Cc1ccc(COc2ccc(/C=C3/C(=N)N4N=C(c5cccnc5)SC4=NC3=O)cc2Br)cc1. The van der Waals surface area contributed by atoms with E-state index in [2.05, 4.69) is 43.1 Å². The number of nitrogens with one attached hydrogen (secondary N) is 1. The molecule has 0 bridgehead atoms. The summed E-state index contributed by atoms with van der Waals surface area (Å²) in [6.45, 7) is 2.50. The summed E-state index contributed by atoms with van der Waals surface area (Å²) >= 11 is 4.79. The largest absolute Gasteiger partial charge is 0.488 e. The highest BCUT2D eigenvalue weighted by molar-refractivity contribution is 9.10. The number of aliphatic imine (C=N–C) groups is 1. The van der Waals surface area contributed by atoms with Crippen LogP contribution in [0.25, 0.3) is 6.08 Å². The molecule has 168 valence electrons. The molecule has 1 amide bonds. The van der Waals surface area contributed by atoms with Crippen LogP contribution in [0.15, 0.2) is 87.1 Å². The van der Waals surface area contributed by atoms with Crippen molar-refractivity contribution in [3.05, 3.63) is 99.3 Å². The Bertz CT molecular complexity index is 1380. The fourth-order valence-electron chi connectivity index (χ4n) is 3.33. The first kappa shape index (κ1) is 22.2. The van der Waals surface area contributed by atoms with E-state index in [1.165, 1.54) is 22.3 Å². The number of aromatic nitrogens is 1. The maximum Gasteiger partial charge on any atom is 0.283 e. The van der Waals surface area contributed by atoms with Gasteiger partial charge >= 0.3 is 0 Å². The maximum atomic E-state index is 12.7. The third-order valence-electron chi connectivity index (χ3n) is 5.14. The Morgan fingerprint density at radius 3 is 2.74 bits per heavy atom. The zero-order valence-electron chi connectivity index (χ0n) is 18.0. The summed E-state index contributed by atoms with van der Waals surface area (Å²) in [5, 5.41) is 15.4. The monoisotopic (exact) mass is 531 g/mol. The molecule has 3 heterocycles. The molecular formula is C25H18BrN5O2S. The van der Waals surface area contributed by atoms with E-state index in [1.807, 2.05) is 49.4 Å². The Morgan fingerprint density at radius 1 is 1.18 bits per heavy atom. The van der Waals surface area contributed by atoms with Crippen molar-refractivity contribution < 1.29 is 9.53 Å². The summed E-state index contributed by atoms with van der Waals surface area (Å²) in [5.41, 5.74) is 3.99. The van der Waals surface area contributed by atoms with Crippen LogP contribution in [0.4, 0.5) is 0 Å². The molecule has 0 fully saturated rings. The summed E-state index contributed by atoms with van der Waals surface area (Å²) in [5.74, 6) is 0.203. The zero-order valence-corrected chi connectivity index (χ0v) is 20.4. The van der Waals surface area contributed by atoms with Gasteiger partial charge in [0.25, 0.3) is 5.91 Å². The van der Waals surface area contributed by atoms with Gasteiger partial charge < -0.3 is 4.74 Å². The van der Waals surface area contributed by atoms with E-state index >= 15 is 0 Å². The Kier molecular flexibility index (Phi) is 6.12. The molecule has 1 N–H and O–H groups in total. The minimum Gasteiger partial charge on any atom is -0.488 e. The number of thioether (sulfide) groups is 1. The number of rotatable bonds is 5. The number of nitrogens with zero attached hydrogens (tertiary/aromatic N) is 4. The van der Waals surface area contributed by atoms with Crippen LogP contribution in [0.2, 0.25) is 0 Å². The van der Waals surface area contributed by atoms with Gasteiger partial charge in [-0.15, -0.1) is 0 Å². The molecule has 0 spiro atoms. The summed E-state index contributed by atoms with van der Waals surface area (Å²) < 4.78 is 6.68. The fourth-order valence-corrected chi connectivity index (χ4v) is 4.73. The molecule has 34 heavy (non-hydrogen) atoms. The third-order valence-corrected chi connectivity index (χ3v) is 6.72. The summed E-state index contributed by atoms with van der Waals surface area (Å²) in [4.78, 5) is 20.9. The molecule has 2 aromatic carbocycles.